The van der Waals surface area contributed by atoms with Crippen molar-refractivity contribution in [3.8, 4) is 0 Å². The predicted octanol–water partition coefficient (Wildman–Crippen LogP) is 1.61. The highest BCUT2D eigenvalue weighted by Gasteiger charge is 2.48. The van der Waals surface area contributed by atoms with Gasteiger partial charge in [-0.2, -0.15) is 0 Å². The van der Waals surface area contributed by atoms with Crippen molar-refractivity contribution >= 4 is 0 Å². The van der Waals surface area contributed by atoms with Crippen molar-refractivity contribution in [1.29, 1.82) is 0 Å². The monoisotopic (exact) mass is 226 g/mol. The summed E-state index contributed by atoms with van der Waals surface area (Å²) in [4.78, 5) is 2.67. The van der Waals surface area contributed by atoms with E-state index in [1.807, 2.05) is 0 Å². The predicted molar refractivity (Wildman–Crippen MR) is 66.4 cm³/mol. The number of hydrogen-bond donors (Lipinski definition) is 1. The third kappa shape index (κ3) is 2.13. The van der Waals surface area contributed by atoms with Crippen LogP contribution in [0.2, 0.25) is 0 Å². The first-order chi connectivity index (χ1) is 7.74. The van der Waals surface area contributed by atoms with Crippen molar-refractivity contribution in [2.75, 3.05) is 26.8 Å². The zero-order valence-electron chi connectivity index (χ0n) is 10.7. The maximum atomic E-state index is 6.11. The van der Waals surface area contributed by atoms with Gasteiger partial charge in [-0.05, 0) is 31.6 Å². The quantitative estimate of drug-likeness (QED) is 0.748. The highest BCUT2D eigenvalue weighted by atomic mass is 16.5. The SMILES string of the molecule is COCCN(C1CC1)C1(CN)CCCC1C. The normalized spacial score (nSPS) is 34.9. The van der Waals surface area contributed by atoms with Gasteiger partial charge in [0.05, 0.1) is 6.61 Å². The second-order valence-electron chi connectivity index (χ2n) is 5.52. The van der Waals surface area contributed by atoms with Crippen LogP contribution in [0.1, 0.15) is 39.0 Å². The van der Waals surface area contributed by atoms with Gasteiger partial charge in [0.15, 0.2) is 0 Å². The molecule has 0 aromatic heterocycles. The molecule has 0 spiro atoms. The van der Waals surface area contributed by atoms with E-state index in [2.05, 4.69) is 11.8 Å². The van der Waals surface area contributed by atoms with E-state index in [9.17, 15) is 0 Å². The largest absolute Gasteiger partial charge is 0.383 e. The summed E-state index contributed by atoms with van der Waals surface area (Å²) >= 11 is 0. The Kier molecular flexibility index (Phi) is 3.88. The molecule has 0 bridgehead atoms. The molecular formula is C13H26N2O. The Hall–Kier alpha value is -0.120. The Bertz CT molecular complexity index is 230. The number of rotatable bonds is 6. The molecule has 2 atom stereocenters. The highest BCUT2D eigenvalue weighted by Crippen LogP contribution is 2.44. The number of methoxy groups -OCH3 is 1. The molecule has 0 radical (unpaired) electrons. The van der Waals surface area contributed by atoms with E-state index < -0.39 is 0 Å². The zero-order valence-corrected chi connectivity index (χ0v) is 10.7. The van der Waals surface area contributed by atoms with Gasteiger partial charge < -0.3 is 10.5 Å². The minimum absolute atomic E-state index is 0.277. The van der Waals surface area contributed by atoms with E-state index in [0.717, 1.165) is 31.7 Å². The summed E-state index contributed by atoms with van der Waals surface area (Å²) in [5, 5.41) is 0. The average molecular weight is 226 g/mol. The Balaban J connectivity index is 2.08. The number of nitrogens with two attached hydrogens (primary N) is 1. The molecule has 0 aliphatic heterocycles. The van der Waals surface area contributed by atoms with Crippen molar-refractivity contribution in [3.05, 3.63) is 0 Å². The van der Waals surface area contributed by atoms with Crippen LogP contribution in [0.5, 0.6) is 0 Å². The molecule has 2 rings (SSSR count). The summed E-state index contributed by atoms with van der Waals surface area (Å²) in [6.07, 6.45) is 6.68. The molecule has 3 nitrogen and oxygen atoms in total. The fourth-order valence-corrected chi connectivity index (χ4v) is 3.42. The lowest BCUT2D eigenvalue weighted by molar-refractivity contribution is 0.0309. The summed E-state index contributed by atoms with van der Waals surface area (Å²) in [5.74, 6) is 0.745. The van der Waals surface area contributed by atoms with E-state index in [4.69, 9.17) is 10.5 Å². The van der Waals surface area contributed by atoms with Crippen LogP contribution < -0.4 is 5.73 Å². The lowest BCUT2D eigenvalue weighted by Gasteiger charge is -2.44. The minimum Gasteiger partial charge on any atom is -0.383 e. The lowest BCUT2D eigenvalue weighted by atomic mass is 9.86. The molecule has 2 fully saturated rings. The van der Waals surface area contributed by atoms with Crippen LogP contribution in [0.4, 0.5) is 0 Å². The van der Waals surface area contributed by atoms with Gasteiger partial charge in [0, 0.05) is 31.8 Å². The Morgan fingerprint density at radius 3 is 2.56 bits per heavy atom. The lowest BCUT2D eigenvalue weighted by Crippen LogP contribution is -2.57. The van der Waals surface area contributed by atoms with Gasteiger partial charge in [0.25, 0.3) is 0 Å². The van der Waals surface area contributed by atoms with Crippen molar-refractivity contribution in [2.45, 2.75) is 50.6 Å². The van der Waals surface area contributed by atoms with Gasteiger partial charge in [-0.1, -0.05) is 13.3 Å². The van der Waals surface area contributed by atoms with E-state index in [1.54, 1.807) is 7.11 Å². The van der Waals surface area contributed by atoms with Crippen molar-refractivity contribution < 1.29 is 4.74 Å². The fraction of sp³-hybridized carbons (Fsp3) is 1.00. The van der Waals surface area contributed by atoms with Gasteiger partial charge in [0.2, 0.25) is 0 Å². The summed E-state index contributed by atoms with van der Waals surface area (Å²) in [7, 11) is 1.79. The highest BCUT2D eigenvalue weighted by molar-refractivity contribution is 5.04. The summed E-state index contributed by atoms with van der Waals surface area (Å²) < 4.78 is 5.25. The van der Waals surface area contributed by atoms with Gasteiger partial charge in [-0.3, -0.25) is 4.90 Å². The molecule has 16 heavy (non-hydrogen) atoms. The first-order valence-electron chi connectivity index (χ1n) is 6.70. The molecule has 2 aliphatic carbocycles. The molecule has 3 heteroatoms. The second kappa shape index (κ2) is 5.03. The molecule has 0 amide bonds. The van der Waals surface area contributed by atoms with E-state index >= 15 is 0 Å². The molecule has 94 valence electrons. The number of nitrogens with zero attached hydrogens (tertiary/aromatic N) is 1. The molecule has 2 saturated carbocycles. The van der Waals surface area contributed by atoms with Crippen LogP contribution in [0.3, 0.4) is 0 Å². The molecule has 0 saturated heterocycles. The van der Waals surface area contributed by atoms with E-state index in [1.165, 1.54) is 32.1 Å². The first kappa shape index (κ1) is 12.3. The van der Waals surface area contributed by atoms with Crippen LogP contribution in [-0.2, 0) is 4.74 Å². The molecule has 0 aromatic carbocycles. The molecule has 0 heterocycles. The maximum absolute atomic E-state index is 6.11. The van der Waals surface area contributed by atoms with Gasteiger partial charge >= 0.3 is 0 Å². The van der Waals surface area contributed by atoms with E-state index in [-0.39, 0.29) is 5.54 Å². The molecule has 2 N–H and O–H groups in total. The topological polar surface area (TPSA) is 38.5 Å². The maximum Gasteiger partial charge on any atom is 0.0590 e. The minimum atomic E-state index is 0.277. The first-order valence-corrected chi connectivity index (χ1v) is 6.70. The zero-order chi connectivity index (χ0) is 11.6. The van der Waals surface area contributed by atoms with Gasteiger partial charge in [-0.15, -0.1) is 0 Å². The Morgan fingerprint density at radius 2 is 2.12 bits per heavy atom. The van der Waals surface area contributed by atoms with Crippen LogP contribution >= 0.6 is 0 Å². The fourth-order valence-electron chi connectivity index (χ4n) is 3.42. The van der Waals surface area contributed by atoms with E-state index in [0.29, 0.717) is 0 Å². The van der Waals surface area contributed by atoms with Crippen LogP contribution in [0.15, 0.2) is 0 Å². The summed E-state index contributed by atoms with van der Waals surface area (Å²) in [5.41, 5.74) is 6.39. The van der Waals surface area contributed by atoms with Crippen LogP contribution in [0.25, 0.3) is 0 Å². The number of ether oxygens (including phenoxy) is 1. The number of hydrogen-bond acceptors (Lipinski definition) is 3. The van der Waals surface area contributed by atoms with Gasteiger partial charge in [-0.25, -0.2) is 0 Å². The molecule has 2 aliphatic rings. The van der Waals surface area contributed by atoms with Gasteiger partial charge in [0.1, 0.15) is 0 Å². The Labute approximate surface area is 99.3 Å². The van der Waals surface area contributed by atoms with Crippen molar-refractivity contribution in [2.24, 2.45) is 11.7 Å². The molecule has 2 unspecified atom stereocenters. The smallest absolute Gasteiger partial charge is 0.0590 e. The van der Waals surface area contributed by atoms with Crippen LogP contribution in [-0.4, -0.2) is 43.3 Å². The molecule has 0 aromatic rings. The average Bonchev–Trinajstić information content (AvgIpc) is 3.05. The molecular weight excluding hydrogens is 200 g/mol. The third-order valence-corrected chi connectivity index (χ3v) is 4.61. The van der Waals surface area contributed by atoms with Crippen molar-refractivity contribution in [3.63, 3.8) is 0 Å². The second-order valence-corrected chi connectivity index (χ2v) is 5.52. The van der Waals surface area contributed by atoms with Crippen LogP contribution in [0, 0.1) is 5.92 Å². The van der Waals surface area contributed by atoms with Crippen molar-refractivity contribution in [1.82, 2.24) is 4.90 Å². The summed E-state index contributed by atoms with van der Waals surface area (Å²) in [6.45, 7) is 5.09. The summed E-state index contributed by atoms with van der Waals surface area (Å²) in [6, 6.07) is 0.791. The third-order valence-electron chi connectivity index (χ3n) is 4.61. The Morgan fingerprint density at radius 1 is 1.38 bits per heavy atom. The standard InChI is InChI=1S/C13H26N2O/c1-11-4-3-7-13(11,10-14)15(8-9-16-2)12-5-6-12/h11-12H,3-10,14H2,1-2H3.